The van der Waals surface area contributed by atoms with Gasteiger partial charge in [0.25, 0.3) is 0 Å². The van der Waals surface area contributed by atoms with E-state index in [4.69, 9.17) is 9.47 Å². The van der Waals surface area contributed by atoms with Gasteiger partial charge in [0.1, 0.15) is 5.75 Å². The number of ether oxygens (including phenoxy) is 2. The molecule has 0 spiro atoms. The molecule has 1 rings (SSSR count). The van der Waals surface area contributed by atoms with Crippen LogP contribution in [0.25, 0.3) is 0 Å². The molecule has 0 heterocycles. The predicted molar refractivity (Wildman–Crippen MR) is 92.3 cm³/mol. The number of hydrogen-bond acceptors (Lipinski definition) is 4. The summed E-state index contributed by atoms with van der Waals surface area (Å²) in [6, 6.07) is 7.18. The zero-order valence-electron chi connectivity index (χ0n) is 13.9. The second-order valence-corrected chi connectivity index (χ2v) is 6.67. The molecule has 0 aliphatic carbocycles. The van der Waals surface area contributed by atoms with Gasteiger partial charge in [-0.15, -0.1) is 0 Å². The molecule has 21 heavy (non-hydrogen) atoms. The average molecular weight is 311 g/mol. The molecule has 1 aromatic carbocycles. The smallest absolute Gasteiger partial charge is 0.124 e. The molecule has 0 bridgehead atoms. The molecule has 0 amide bonds. The molecular formula is C17H29NO2S. The van der Waals surface area contributed by atoms with Gasteiger partial charge in [0, 0.05) is 24.8 Å². The Labute approximate surface area is 133 Å². The second-order valence-electron chi connectivity index (χ2n) is 5.28. The molecular weight excluding hydrogens is 282 g/mol. The van der Waals surface area contributed by atoms with Gasteiger partial charge in [-0.05, 0) is 49.5 Å². The van der Waals surface area contributed by atoms with Gasteiger partial charge in [-0.3, -0.25) is 0 Å². The van der Waals surface area contributed by atoms with Crippen LogP contribution >= 0.6 is 11.8 Å². The van der Waals surface area contributed by atoms with Crippen LogP contribution in [0, 0.1) is 0 Å². The van der Waals surface area contributed by atoms with Gasteiger partial charge >= 0.3 is 0 Å². The van der Waals surface area contributed by atoms with Gasteiger partial charge in [0.2, 0.25) is 0 Å². The van der Waals surface area contributed by atoms with Gasteiger partial charge in [0.15, 0.2) is 0 Å². The second kappa shape index (κ2) is 10.1. The fourth-order valence-electron chi connectivity index (χ4n) is 2.35. The van der Waals surface area contributed by atoms with Gasteiger partial charge in [0.05, 0.1) is 13.7 Å². The highest BCUT2D eigenvalue weighted by atomic mass is 32.2. The van der Waals surface area contributed by atoms with E-state index in [9.17, 15) is 0 Å². The summed E-state index contributed by atoms with van der Waals surface area (Å²) in [6.45, 7) is 7.25. The monoisotopic (exact) mass is 311 g/mol. The summed E-state index contributed by atoms with van der Waals surface area (Å²) in [5.41, 5.74) is 2.37. The Morgan fingerprint density at radius 1 is 1.24 bits per heavy atom. The van der Waals surface area contributed by atoms with E-state index in [0.717, 1.165) is 11.3 Å². The lowest BCUT2D eigenvalue weighted by Crippen LogP contribution is -2.29. The van der Waals surface area contributed by atoms with Crippen molar-refractivity contribution in [2.75, 3.05) is 25.7 Å². The van der Waals surface area contributed by atoms with Crippen LogP contribution in [-0.2, 0) is 11.3 Å². The van der Waals surface area contributed by atoms with Crippen LogP contribution in [0.4, 0.5) is 0 Å². The first-order chi connectivity index (χ1) is 10.1. The normalized spacial score (nSPS) is 14.0. The fourth-order valence-corrected chi connectivity index (χ4v) is 3.16. The first-order valence-electron chi connectivity index (χ1n) is 7.61. The van der Waals surface area contributed by atoms with E-state index in [-0.39, 0.29) is 0 Å². The zero-order valence-corrected chi connectivity index (χ0v) is 14.8. The number of thioether (sulfide) groups is 1. The molecule has 3 nitrogen and oxygen atoms in total. The largest absolute Gasteiger partial charge is 0.496 e. The highest BCUT2D eigenvalue weighted by Gasteiger charge is 2.12. The van der Waals surface area contributed by atoms with Crippen molar-refractivity contribution in [1.82, 2.24) is 5.32 Å². The van der Waals surface area contributed by atoms with Gasteiger partial charge in [-0.2, -0.15) is 11.8 Å². The van der Waals surface area contributed by atoms with Crippen LogP contribution in [0.1, 0.15) is 44.4 Å². The Kier molecular flexibility index (Phi) is 8.81. The third kappa shape index (κ3) is 6.29. The molecule has 1 N–H and O–H groups in total. The molecule has 1 aromatic rings. The maximum atomic E-state index is 5.38. The van der Waals surface area contributed by atoms with E-state index in [0.29, 0.717) is 18.7 Å². The highest BCUT2D eigenvalue weighted by molar-refractivity contribution is 7.99. The van der Waals surface area contributed by atoms with Crippen molar-refractivity contribution < 1.29 is 9.47 Å². The molecule has 4 heteroatoms. The zero-order chi connectivity index (χ0) is 15.7. The number of rotatable bonds is 10. The molecule has 120 valence electrons. The first kappa shape index (κ1) is 18.3. The van der Waals surface area contributed by atoms with Gasteiger partial charge in [-0.1, -0.05) is 13.0 Å². The van der Waals surface area contributed by atoms with Crippen LogP contribution in [0.2, 0.25) is 0 Å². The van der Waals surface area contributed by atoms with Crippen molar-refractivity contribution in [3.63, 3.8) is 0 Å². The summed E-state index contributed by atoms with van der Waals surface area (Å²) < 4.78 is 10.6. The Bertz CT molecular complexity index is 412. The summed E-state index contributed by atoms with van der Waals surface area (Å²) in [5, 5.41) is 3.67. The molecule has 0 aliphatic rings. The SMILES string of the molecule is CCSCCC(C)NC(C)c1ccc(OC)c(COC)c1. The number of benzene rings is 1. The molecule has 0 aliphatic heterocycles. The minimum Gasteiger partial charge on any atom is -0.496 e. The lowest BCUT2D eigenvalue weighted by molar-refractivity contribution is 0.181. The lowest BCUT2D eigenvalue weighted by atomic mass is 10.0. The topological polar surface area (TPSA) is 30.5 Å². The molecule has 2 unspecified atom stereocenters. The Morgan fingerprint density at radius 3 is 2.62 bits per heavy atom. The van der Waals surface area contributed by atoms with Crippen LogP contribution in [0.5, 0.6) is 5.75 Å². The van der Waals surface area contributed by atoms with Crippen molar-refractivity contribution in [1.29, 1.82) is 0 Å². The van der Waals surface area contributed by atoms with Crippen LogP contribution in [0.15, 0.2) is 18.2 Å². The van der Waals surface area contributed by atoms with Crippen molar-refractivity contribution in [2.45, 2.75) is 45.9 Å². The van der Waals surface area contributed by atoms with Gasteiger partial charge in [-0.25, -0.2) is 0 Å². The van der Waals surface area contributed by atoms with Gasteiger partial charge < -0.3 is 14.8 Å². The average Bonchev–Trinajstić information content (AvgIpc) is 2.47. The summed E-state index contributed by atoms with van der Waals surface area (Å²) in [5.74, 6) is 3.30. The maximum absolute atomic E-state index is 5.38. The van der Waals surface area contributed by atoms with E-state index in [2.05, 4.69) is 38.2 Å². The van der Waals surface area contributed by atoms with Crippen LogP contribution in [-0.4, -0.2) is 31.8 Å². The molecule has 0 fully saturated rings. The number of methoxy groups -OCH3 is 2. The summed E-state index contributed by atoms with van der Waals surface area (Å²) in [4.78, 5) is 0. The van der Waals surface area contributed by atoms with Crippen molar-refractivity contribution in [3.05, 3.63) is 29.3 Å². The molecule has 0 aromatic heterocycles. The summed E-state index contributed by atoms with van der Waals surface area (Å²) in [6.07, 6.45) is 1.20. The van der Waals surface area contributed by atoms with E-state index in [1.165, 1.54) is 23.5 Å². The number of hydrogen-bond donors (Lipinski definition) is 1. The maximum Gasteiger partial charge on any atom is 0.124 e. The predicted octanol–water partition coefficient (Wildman–Crippen LogP) is 4.02. The molecule has 2 atom stereocenters. The quantitative estimate of drug-likeness (QED) is 0.661. The lowest BCUT2D eigenvalue weighted by Gasteiger charge is -2.21. The van der Waals surface area contributed by atoms with E-state index < -0.39 is 0 Å². The summed E-state index contributed by atoms with van der Waals surface area (Å²) >= 11 is 2.00. The molecule has 0 radical (unpaired) electrons. The van der Waals surface area contributed by atoms with E-state index in [1.807, 2.05) is 17.8 Å². The first-order valence-corrected chi connectivity index (χ1v) is 8.77. The number of nitrogens with one attached hydrogen (secondary N) is 1. The fraction of sp³-hybridized carbons (Fsp3) is 0.647. The molecule has 0 saturated carbocycles. The summed E-state index contributed by atoms with van der Waals surface area (Å²) in [7, 11) is 3.41. The highest BCUT2D eigenvalue weighted by Crippen LogP contribution is 2.24. The van der Waals surface area contributed by atoms with Crippen LogP contribution in [0.3, 0.4) is 0 Å². The minimum atomic E-state index is 0.327. The minimum absolute atomic E-state index is 0.327. The van der Waals surface area contributed by atoms with Crippen molar-refractivity contribution in [3.8, 4) is 5.75 Å². The van der Waals surface area contributed by atoms with E-state index >= 15 is 0 Å². The third-order valence-corrected chi connectivity index (χ3v) is 4.47. The molecule has 0 saturated heterocycles. The Balaban J connectivity index is 2.64. The third-order valence-electron chi connectivity index (χ3n) is 3.54. The Hall–Kier alpha value is -0.710. The Morgan fingerprint density at radius 2 is 2.00 bits per heavy atom. The standard InChI is InChI=1S/C17H29NO2S/c1-6-21-10-9-13(2)18-14(3)15-7-8-17(20-5)16(11-15)12-19-4/h7-8,11,13-14,18H,6,9-10,12H2,1-5H3. The van der Waals surface area contributed by atoms with E-state index in [1.54, 1.807) is 14.2 Å². The van der Waals surface area contributed by atoms with Crippen molar-refractivity contribution in [2.24, 2.45) is 0 Å². The van der Waals surface area contributed by atoms with Crippen molar-refractivity contribution >= 4 is 11.8 Å². The van der Waals surface area contributed by atoms with Crippen LogP contribution < -0.4 is 10.1 Å².